The number of aromatic hydroxyl groups is 2. The minimum Gasteiger partial charge on any atom is -0.505 e. The molecule has 0 amide bonds. The van der Waals surface area contributed by atoms with Gasteiger partial charge in [0.2, 0.25) is 0 Å². The number of phenolic OH excluding ortho intramolecular Hbond substituents is 2. The molecule has 0 unspecified atom stereocenters. The standard InChI is InChI=1S/C18H26N2O2/c1-17(2,3)10-7-9-8-11(18(4,5)6)16(22)14(20)12(9)13(19)15(10)21/h7-8,21-22H,19-20H2,1-6H3. The molecule has 4 heteroatoms. The van der Waals surface area contributed by atoms with E-state index in [0.717, 1.165) is 16.5 Å². The molecular formula is C18H26N2O2. The van der Waals surface area contributed by atoms with Gasteiger partial charge in [0, 0.05) is 16.5 Å². The summed E-state index contributed by atoms with van der Waals surface area (Å²) in [5, 5.41) is 22.2. The van der Waals surface area contributed by atoms with Gasteiger partial charge < -0.3 is 21.7 Å². The molecule has 0 aliphatic carbocycles. The first kappa shape index (κ1) is 16.3. The summed E-state index contributed by atoms with van der Waals surface area (Å²) >= 11 is 0. The van der Waals surface area contributed by atoms with Crippen molar-refractivity contribution in [3.63, 3.8) is 0 Å². The number of phenols is 2. The van der Waals surface area contributed by atoms with E-state index in [2.05, 4.69) is 0 Å². The Balaban J connectivity index is 2.98. The Morgan fingerprint density at radius 2 is 1.05 bits per heavy atom. The van der Waals surface area contributed by atoms with Crippen molar-refractivity contribution in [2.24, 2.45) is 0 Å². The van der Waals surface area contributed by atoms with Gasteiger partial charge in [-0.05, 0) is 28.3 Å². The molecule has 0 radical (unpaired) electrons. The molecule has 0 aliphatic heterocycles. The summed E-state index contributed by atoms with van der Waals surface area (Å²) in [5.74, 6) is 0.0733. The van der Waals surface area contributed by atoms with Crippen LogP contribution in [0.1, 0.15) is 52.7 Å². The van der Waals surface area contributed by atoms with Gasteiger partial charge in [-0.2, -0.15) is 0 Å². The van der Waals surface area contributed by atoms with Crippen LogP contribution in [0, 0.1) is 0 Å². The molecule has 2 rings (SSSR count). The summed E-state index contributed by atoms with van der Waals surface area (Å²) in [6, 6.07) is 3.82. The van der Waals surface area contributed by atoms with Crippen LogP contribution in [0.2, 0.25) is 0 Å². The van der Waals surface area contributed by atoms with Crippen LogP contribution in [0.25, 0.3) is 10.8 Å². The maximum Gasteiger partial charge on any atom is 0.142 e. The van der Waals surface area contributed by atoms with Gasteiger partial charge in [0.1, 0.15) is 11.5 Å². The predicted molar refractivity (Wildman–Crippen MR) is 93.5 cm³/mol. The fourth-order valence-electron chi connectivity index (χ4n) is 2.76. The van der Waals surface area contributed by atoms with Crippen molar-refractivity contribution in [1.82, 2.24) is 0 Å². The van der Waals surface area contributed by atoms with E-state index in [1.54, 1.807) is 0 Å². The third-order valence-corrected chi connectivity index (χ3v) is 4.06. The fourth-order valence-corrected chi connectivity index (χ4v) is 2.76. The SMILES string of the molecule is CC(C)(C)c1cc2cc(C(C)(C)C)c(O)c(N)c2c(N)c1O. The average molecular weight is 302 g/mol. The first-order valence-corrected chi connectivity index (χ1v) is 7.43. The minimum absolute atomic E-state index is 0.0367. The van der Waals surface area contributed by atoms with Crippen LogP contribution in [-0.2, 0) is 10.8 Å². The third-order valence-electron chi connectivity index (χ3n) is 4.06. The Hall–Kier alpha value is -2.10. The second-order valence-corrected chi connectivity index (χ2v) is 7.97. The van der Waals surface area contributed by atoms with E-state index >= 15 is 0 Å². The lowest BCUT2D eigenvalue weighted by molar-refractivity contribution is 0.448. The van der Waals surface area contributed by atoms with Gasteiger partial charge in [-0.15, -0.1) is 0 Å². The van der Waals surface area contributed by atoms with E-state index in [9.17, 15) is 10.2 Å². The summed E-state index contributed by atoms with van der Waals surface area (Å²) in [6.07, 6.45) is 0. The van der Waals surface area contributed by atoms with Crippen molar-refractivity contribution >= 4 is 22.1 Å². The number of fused-ring (bicyclic) bond motifs is 1. The smallest absolute Gasteiger partial charge is 0.142 e. The lowest BCUT2D eigenvalue weighted by Gasteiger charge is -2.26. The average Bonchev–Trinajstić information content (AvgIpc) is 2.34. The van der Waals surface area contributed by atoms with Crippen molar-refractivity contribution in [2.45, 2.75) is 52.4 Å². The second kappa shape index (κ2) is 4.70. The van der Waals surface area contributed by atoms with Crippen molar-refractivity contribution < 1.29 is 10.2 Å². The summed E-state index contributed by atoms with van der Waals surface area (Å²) in [5.41, 5.74) is 13.7. The van der Waals surface area contributed by atoms with E-state index < -0.39 is 0 Å². The predicted octanol–water partition coefficient (Wildman–Crippen LogP) is 4.01. The van der Waals surface area contributed by atoms with E-state index in [4.69, 9.17) is 11.5 Å². The molecule has 0 saturated heterocycles. The highest BCUT2D eigenvalue weighted by Crippen LogP contribution is 2.47. The Kier molecular flexibility index (Phi) is 3.48. The molecule has 2 aromatic rings. The van der Waals surface area contributed by atoms with Crippen LogP contribution in [0.4, 0.5) is 11.4 Å². The first-order valence-electron chi connectivity index (χ1n) is 7.43. The number of nitrogens with two attached hydrogens (primary N) is 2. The Morgan fingerprint density at radius 3 is 1.32 bits per heavy atom. The lowest BCUT2D eigenvalue weighted by Crippen LogP contribution is -2.14. The first-order chi connectivity index (χ1) is 9.85. The van der Waals surface area contributed by atoms with Gasteiger partial charge in [0.25, 0.3) is 0 Å². The van der Waals surface area contributed by atoms with Gasteiger partial charge in [-0.1, -0.05) is 41.5 Å². The molecule has 0 spiro atoms. The number of benzene rings is 2. The van der Waals surface area contributed by atoms with Gasteiger partial charge in [-0.25, -0.2) is 0 Å². The van der Waals surface area contributed by atoms with E-state index in [1.165, 1.54) is 0 Å². The zero-order valence-corrected chi connectivity index (χ0v) is 14.2. The second-order valence-electron chi connectivity index (χ2n) is 7.97. The highest BCUT2D eigenvalue weighted by Gasteiger charge is 2.26. The molecule has 4 nitrogen and oxygen atoms in total. The summed E-state index contributed by atoms with van der Waals surface area (Å²) in [4.78, 5) is 0. The van der Waals surface area contributed by atoms with Gasteiger partial charge >= 0.3 is 0 Å². The van der Waals surface area contributed by atoms with Crippen molar-refractivity contribution in [1.29, 1.82) is 0 Å². The van der Waals surface area contributed by atoms with Crippen molar-refractivity contribution in [3.8, 4) is 11.5 Å². The molecule has 0 aromatic heterocycles. The summed E-state index contributed by atoms with van der Waals surface area (Å²) in [6.45, 7) is 12.1. The van der Waals surface area contributed by atoms with E-state index in [-0.39, 0.29) is 33.7 Å². The number of hydrogen-bond acceptors (Lipinski definition) is 4. The minimum atomic E-state index is -0.249. The van der Waals surface area contributed by atoms with E-state index in [0.29, 0.717) is 5.39 Å². The summed E-state index contributed by atoms with van der Waals surface area (Å²) in [7, 11) is 0. The van der Waals surface area contributed by atoms with E-state index in [1.807, 2.05) is 53.7 Å². The number of rotatable bonds is 0. The van der Waals surface area contributed by atoms with Gasteiger partial charge in [-0.3, -0.25) is 0 Å². The summed E-state index contributed by atoms with van der Waals surface area (Å²) < 4.78 is 0. The van der Waals surface area contributed by atoms with Gasteiger partial charge in [0.15, 0.2) is 0 Å². The fraction of sp³-hybridized carbons (Fsp3) is 0.444. The zero-order chi connectivity index (χ0) is 17.0. The molecule has 0 saturated carbocycles. The Morgan fingerprint density at radius 1 is 0.727 bits per heavy atom. The molecule has 0 atom stereocenters. The number of hydrogen-bond donors (Lipinski definition) is 4. The maximum atomic E-state index is 10.4. The maximum absolute atomic E-state index is 10.4. The van der Waals surface area contributed by atoms with Crippen LogP contribution in [0.15, 0.2) is 12.1 Å². The molecule has 22 heavy (non-hydrogen) atoms. The highest BCUT2D eigenvalue weighted by atomic mass is 16.3. The molecule has 6 N–H and O–H groups in total. The molecular weight excluding hydrogens is 276 g/mol. The zero-order valence-electron chi connectivity index (χ0n) is 14.2. The molecule has 2 aromatic carbocycles. The van der Waals surface area contributed by atoms with Crippen LogP contribution >= 0.6 is 0 Å². The number of nitrogen functional groups attached to an aromatic ring is 2. The Bertz CT molecular complexity index is 690. The normalized spacial score (nSPS) is 12.8. The van der Waals surface area contributed by atoms with Crippen LogP contribution in [0.3, 0.4) is 0 Å². The third kappa shape index (κ3) is 2.43. The van der Waals surface area contributed by atoms with Crippen molar-refractivity contribution in [3.05, 3.63) is 23.3 Å². The molecule has 120 valence electrons. The topological polar surface area (TPSA) is 92.5 Å². The monoisotopic (exact) mass is 302 g/mol. The molecule has 0 bridgehead atoms. The van der Waals surface area contributed by atoms with Crippen molar-refractivity contribution in [2.75, 3.05) is 11.5 Å². The lowest BCUT2D eigenvalue weighted by atomic mass is 9.81. The molecule has 0 heterocycles. The Labute approximate surface area is 131 Å². The largest absolute Gasteiger partial charge is 0.505 e. The van der Waals surface area contributed by atoms with Crippen LogP contribution < -0.4 is 11.5 Å². The van der Waals surface area contributed by atoms with Crippen LogP contribution in [-0.4, -0.2) is 10.2 Å². The molecule has 0 fully saturated rings. The van der Waals surface area contributed by atoms with Gasteiger partial charge in [0.05, 0.1) is 11.4 Å². The van der Waals surface area contributed by atoms with Crippen LogP contribution in [0.5, 0.6) is 11.5 Å². The molecule has 0 aliphatic rings. The quantitative estimate of drug-likeness (QED) is 0.437. The number of anilines is 2. The highest BCUT2D eigenvalue weighted by molar-refractivity contribution is 6.07.